The minimum absolute atomic E-state index is 0.244. The van der Waals surface area contributed by atoms with Gasteiger partial charge in [-0.1, -0.05) is 35.5 Å². The molecule has 0 aliphatic heterocycles. The number of nitrogens with two attached hydrogens (primary N) is 1. The van der Waals surface area contributed by atoms with E-state index in [0.717, 1.165) is 5.56 Å². The smallest absolute Gasteiger partial charge is 0.246 e. The molecule has 0 amide bonds. The first-order valence-corrected chi connectivity index (χ1v) is 5.01. The quantitative estimate of drug-likeness (QED) is 0.807. The van der Waals surface area contributed by atoms with Crippen molar-refractivity contribution in [3.05, 3.63) is 36.2 Å². The van der Waals surface area contributed by atoms with E-state index in [9.17, 15) is 5.11 Å². The molecule has 0 aliphatic rings. The van der Waals surface area contributed by atoms with Crippen LogP contribution in [0.2, 0.25) is 0 Å². The Bertz CT molecular complexity index is 453. The molecule has 2 aromatic rings. The second kappa shape index (κ2) is 4.42. The molecular weight excluding hydrogens is 206 g/mol. The Kier molecular flexibility index (Phi) is 2.98. The van der Waals surface area contributed by atoms with Gasteiger partial charge in [0, 0.05) is 5.56 Å². The molecule has 0 bridgehead atoms. The summed E-state index contributed by atoms with van der Waals surface area (Å²) < 4.78 is 5.00. The minimum Gasteiger partial charge on any atom is -0.391 e. The first-order chi connectivity index (χ1) is 7.68. The van der Waals surface area contributed by atoms with Gasteiger partial charge in [-0.3, -0.25) is 0 Å². The summed E-state index contributed by atoms with van der Waals surface area (Å²) >= 11 is 0. The molecule has 84 valence electrons. The van der Waals surface area contributed by atoms with E-state index in [1.54, 1.807) is 6.92 Å². The standard InChI is InChI=1S/C11H13N3O2/c1-7(15)9(12)11-13-10(14-16-11)8-5-3-2-4-6-8/h2-7,9,15H,12H2,1H3. The first-order valence-electron chi connectivity index (χ1n) is 5.01. The van der Waals surface area contributed by atoms with Crippen molar-refractivity contribution < 1.29 is 9.63 Å². The molecule has 0 saturated carbocycles. The molecule has 0 aliphatic carbocycles. The maximum atomic E-state index is 9.30. The number of hydrogen-bond donors (Lipinski definition) is 2. The molecule has 5 nitrogen and oxygen atoms in total. The molecule has 2 rings (SSSR count). The highest BCUT2D eigenvalue weighted by molar-refractivity contribution is 5.53. The maximum absolute atomic E-state index is 9.30. The monoisotopic (exact) mass is 219 g/mol. The minimum atomic E-state index is -0.718. The lowest BCUT2D eigenvalue weighted by Gasteiger charge is -2.08. The van der Waals surface area contributed by atoms with Gasteiger partial charge in [0.1, 0.15) is 6.04 Å². The number of aliphatic hydroxyl groups excluding tert-OH is 1. The van der Waals surface area contributed by atoms with Gasteiger partial charge in [0.2, 0.25) is 11.7 Å². The van der Waals surface area contributed by atoms with Crippen molar-refractivity contribution in [1.29, 1.82) is 0 Å². The van der Waals surface area contributed by atoms with Crippen LogP contribution < -0.4 is 5.73 Å². The molecule has 3 N–H and O–H groups in total. The predicted octanol–water partition coefficient (Wildman–Crippen LogP) is 1.12. The van der Waals surface area contributed by atoms with Gasteiger partial charge in [-0.2, -0.15) is 4.98 Å². The van der Waals surface area contributed by atoms with Crippen LogP contribution in [0.25, 0.3) is 11.4 Å². The third-order valence-electron chi connectivity index (χ3n) is 2.28. The fourth-order valence-corrected chi connectivity index (χ4v) is 1.28. The Morgan fingerprint density at radius 2 is 2.00 bits per heavy atom. The number of aliphatic hydroxyl groups is 1. The van der Waals surface area contributed by atoms with Gasteiger partial charge < -0.3 is 15.4 Å². The maximum Gasteiger partial charge on any atom is 0.246 e. The SMILES string of the molecule is CC(O)C(N)c1nc(-c2ccccc2)no1. The molecule has 2 unspecified atom stereocenters. The normalized spacial score (nSPS) is 14.7. The summed E-state index contributed by atoms with van der Waals surface area (Å²) in [6, 6.07) is 8.79. The number of benzene rings is 1. The van der Waals surface area contributed by atoms with Gasteiger partial charge >= 0.3 is 0 Å². The van der Waals surface area contributed by atoms with Crippen LogP contribution in [-0.4, -0.2) is 21.4 Å². The number of rotatable bonds is 3. The Labute approximate surface area is 92.9 Å². The van der Waals surface area contributed by atoms with Gasteiger partial charge in [-0.05, 0) is 6.92 Å². The molecule has 16 heavy (non-hydrogen) atoms. The Morgan fingerprint density at radius 1 is 1.31 bits per heavy atom. The van der Waals surface area contributed by atoms with Gasteiger partial charge in [-0.25, -0.2) is 0 Å². The topological polar surface area (TPSA) is 85.2 Å². The molecule has 0 fully saturated rings. The second-order valence-corrected chi connectivity index (χ2v) is 3.59. The summed E-state index contributed by atoms with van der Waals surface area (Å²) in [5.41, 5.74) is 6.54. The molecule has 0 saturated heterocycles. The fourth-order valence-electron chi connectivity index (χ4n) is 1.28. The molecule has 1 aromatic heterocycles. The van der Waals surface area contributed by atoms with Gasteiger partial charge in [-0.15, -0.1) is 0 Å². The van der Waals surface area contributed by atoms with E-state index in [1.165, 1.54) is 0 Å². The molecule has 1 aromatic carbocycles. The van der Waals surface area contributed by atoms with Crippen LogP contribution in [0, 0.1) is 0 Å². The zero-order valence-electron chi connectivity index (χ0n) is 8.87. The molecule has 1 heterocycles. The molecule has 2 atom stereocenters. The summed E-state index contributed by atoms with van der Waals surface area (Å²) in [5, 5.41) is 13.1. The number of hydrogen-bond acceptors (Lipinski definition) is 5. The second-order valence-electron chi connectivity index (χ2n) is 3.59. The summed E-state index contributed by atoms with van der Waals surface area (Å²) in [5.74, 6) is 0.723. The van der Waals surface area contributed by atoms with Crippen molar-refractivity contribution in [1.82, 2.24) is 10.1 Å². The highest BCUT2D eigenvalue weighted by atomic mass is 16.5. The number of aromatic nitrogens is 2. The van der Waals surface area contributed by atoms with Crippen molar-refractivity contribution in [3.8, 4) is 11.4 Å². The molecule has 5 heteroatoms. The van der Waals surface area contributed by atoms with E-state index in [2.05, 4.69) is 10.1 Å². The lowest BCUT2D eigenvalue weighted by Crippen LogP contribution is -2.23. The van der Waals surface area contributed by atoms with Crippen molar-refractivity contribution in [2.75, 3.05) is 0 Å². The summed E-state index contributed by atoms with van der Waals surface area (Å²) in [6.07, 6.45) is -0.718. The molecule has 0 radical (unpaired) electrons. The average molecular weight is 219 g/mol. The highest BCUT2D eigenvalue weighted by Gasteiger charge is 2.19. The lowest BCUT2D eigenvalue weighted by atomic mass is 10.2. The predicted molar refractivity (Wildman–Crippen MR) is 58.3 cm³/mol. The van der Waals surface area contributed by atoms with Crippen molar-refractivity contribution in [2.45, 2.75) is 19.1 Å². The van der Waals surface area contributed by atoms with Gasteiger partial charge in [0.05, 0.1) is 6.10 Å². The van der Waals surface area contributed by atoms with E-state index in [-0.39, 0.29) is 5.89 Å². The van der Waals surface area contributed by atoms with E-state index in [4.69, 9.17) is 10.3 Å². The molecular formula is C11H13N3O2. The Hall–Kier alpha value is -1.72. The van der Waals surface area contributed by atoms with Crippen LogP contribution >= 0.6 is 0 Å². The Morgan fingerprint density at radius 3 is 2.62 bits per heavy atom. The van der Waals surface area contributed by atoms with E-state index >= 15 is 0 Å². The van der Waals surface area contributed by atoms with Crippen LogP contribution in [0.3, 0.4) is 0 Å². The van der Waals surface area contributed by atoms with E-state index < -0.39 is 12.1 Å². The largest absolute Gasteiger partial charge is 0.391 e. The zero-order valence-corrected chi connectivity index (χ0v) is 8.87. The van der Waals surface area contributed by atoms with Crippen molar-refractivity contribution in [3.63, 3.8) is 0 Å². The van der Waals surface area contributed by atoms with Crippen LogP contribution in [0.15, 0.2) is 34.9 Å². The van der Waals surface area contributed by atoms with E-state index in [0.29, 0.717) is 5.82 Å². The fraction of sp³-hybridized carbons (Fsp3) is 0.273. The zero-order chi connectivity index (χ0) is 11.5. The summed E-state index contributed by atoms with van der Waals surface area (Å²) in [6.45, 7) is 1.58. The average Bonchev–Trinajstić information content (AvgIpc) is 2.78. The van der Waals surface area contributed by atoms with Crippen molar-refractivity contribution >= 4 is 0 Å². The van der Waals surface area contributed by atoms with Crippen LogP contribution in [0.1, 0.15) is 18.9 Å². The first kappa shape index (κ1) is 10.8. The van der Waals surface area contributed by atoms with Crippen LogP contribution in [0.4, 0.5) is 0 Å². The highest BCUT2D eigenvalue weighted by Crippen LogP contribution is 2.18. The van der Waals surface area contributed by atoms with E-state index in [1.807, 2.05) is 30.3 Å². The third kappa shape index (κ3) is 2.10. The van der Waals surface area contributed by atoms with Gasteiger partial charge in [0.15, 0.2) is 0 Å². The van der Waals surface area contributed by atoms with Crippen LogP contribution in [0.5, 0.6) is 0 Å². The summed E-state index contributed by atoms with van der Waals surface area (Å²) in [7, 11) is 0. The number of nitrogens with zero attached hydrogens (tertiary/aromatic N) is 2. The van der Waals surface area contributed by atoms with Crippen molar-refractivity contribution in [2.24, 2.45) is 5.73 Å². The third-order valence-corrected chi connectivity index (χ3v) is 2.28. The lowest BCUT2D eigenvalue weighted by molar-refractivity contribution is 0.146. The van der Waals surface area contributed by atoms with Gasteiger partial charge in [0.25, 0.3) is 0 Å². The molecule has 0 spiro atoms. The summed E-state index contributed by atoms with van der Waals surface area (Å²) in [4.78, 5) is 4.14. The van der Waals surface area contributed by atoms with Crippen LogP contribution in [-0.2, 0) is 0 Å². The Balaban J connectivity index is 2.27.